The fraction of sp³-hybridized carbons (Fsp3) is 0.480. The fourth-order valence-electron chi connectivity index (χ4n) is 6.24. The number of fused-ring (bicyclic) bond motifs is 1. The predicted octanol–water partition coefficient (Wildman–Crippen LogP) is 5.31. The monoisotopic (exact) mass is 509 g/mol. The van der Waals surface area contributed by atoms with Crippen LogP contribution in [0, 0.1) is 5.92 Å². The van der Waals surface area contributed by atoms with Crippen LogP contribution in [0.15, 0.2) is 48.5 Å². The Labute approximate surface area is 202 Å². The van der Waals surface area contributed by atoms with Crippen molar-refractivity contribution in [3.05, 3.63) is 65.2 Å². The van der Waals surface area contributed by atoms with Crippen LogP contribution in [-0.4, -0.2) is 37.5 Å². The van der Waals surface area contributed by atoms with E-state index in [0.29, 0.717) is 19.4 Å². The van der Waals surface area contributed by atoms with Gasteiger partial charge in [0.15, 0.2) is 0 Å². The molecule has 2 bridgehead atoms. The van der Waals surface area contributed by atoms with Gasteiger partial charge in [-0.15, -0.1) is 0 Å². The number of carbonyl (C=O) groups is 1. The van der Waals surface area contributed by atoms with E-state index in [1.165, 1.54) is 12.1 Å². The van der Waals surface area contributed by atoms with Crippen LogP contribution in [0.25, 0.3) is 0 Å². The Kier molecular flexibility index (Phi) is 5.97. The van der Waals surface area contributed by atoms with Gasteiger partial charge in [0.1, 0.15) is 12.4 Å². The van der Waals surface area contributed by atoms with Crippen molar-refractivity contribution < 1.29 is 35.3 Å². The highest BCUT2D eigenvalue weighted by molar-refractivity contribution is 7.88. The maximum Gasteiger partial charge on any atom is 0.534 e. The molecule has 0 aromatic heterocycles. The van der Waals surface area contributed by atoms with Gasteiger partial charge < -0.3 is 13.8 Å². The van der Waals surface area contributed by atoms with Gasteiger partial charge in [0.2, 0.25) is 0 Å². The summed E-state index contributed by atoms with van der Waals surface area (Å²) in [5.41, 5.74) is -3.16. The van der Waals surface area contributed by atoms with E-state index in [0.717, 1.165) is 42.4 Å². The third-order valence-electron chi connectivity index (χ3n) is 7.74. The second kappa shape index (κ2) is 8.72. The Morgan fingerprint density at radius 2 is 1.86 bits per heavy atom. The average Bonchev–Trinajstić information content (AvgIpc) is 2.83. The van der Waals surface area contributed by atoms with Crippen LogP contribution in [-0.2, 0) is 33.3 Å². The second-order valence-corrected chi connectivity index (χ2v) is 11.1. The smallest absolute Gasteiger partial charge is 0.445 e. The average molecular weight is 510 g/mol. The Balaban J connectivity index is 1.42. The summed E-state index contributed by atoms with van der Waals surface area (Å²) >= 11 is 0. The quantitative estimate of drug-likeness (QED) is 0.413. The minimum atomic E-state index is -5.75. The molecular formula is C25H26F3NO5S. The largest absolute Gasteiger partial charge is 0.534 e. The van der Waals surface area contributed by atoms with Crippen LogP contribution in [0.3, 0.4) is 0 Å². The summed E-state index contributed by atoms with van der Waals surface area (Å²) < 4.78 is 71.8. The Morgan fingerprint density at radius 3 is 2.60 bits per heavy atom. The van der Waals surface area contributed by atoms with E-state index in [1.807, 2.05) is 30.3 Å². The molecule has 1 heterocycles. The van der Waals surface area contributed by atoms with Crippen LogP contribution in [0.1, 0.15) is 48.8 Å². The number of nitrogens with zero attached hydrogens (tertiary/aromatic N) is 1. The first-order valence-electron chi connectivity index (χ1n) is 11.7. The molecule has 2 aromatic rings. The number of ether oxygens (including phenoxy) is 1. The molecule has 0 N–H and O–H groups in total. The zero-order chi connectivity index (χ0) is 24.8. The fourth-order valence-corrected chi connectivity index (χ4v) is 6.69. The van der Waals surface area contributed by atoms with Gasteiger partial charge in [-0.25, -0.2) is 4.79 Å². The summed E-state index contributed by atoms with van der Waals surface area (Å²) in [6, 6.07) is 13.7. The van der Waals surface area contributed by atoms with E-state index in [1.54, 1.807) is 11.0 Å². The van der Waals surface area contributed by atoms with Gasteiger partial charge in [-0.05, 0) is 60.4 Å². The van der Waals surface area contributed by atoms with E-state index in [4.69, 9.17) is 4.74 Å². The van der Waals surface area contributed by atoms with E-state index < -0.39 is 15.6 Å². The van der Waals surface area contributed by atoms with E-state index in [-0.39, 0.29) is 35.8 Å². The molecule has 2 fully saturated rings. The molecule has 1 saturated heterocycles. The molecule has 6 nitrogen and oxygen atoms in total. The van der Waals surface area contributed by atoms with Crippen LogP contribution >= 0.6 is 0 Å². The van der Waals surface area contributed by atoms with Gasteiger partial charge in [-0.1, -0.05) is 49.2 Å². The lowest BCUT2D eigenvalue weighted by Crippen LogP contribution is -2.62. The molecule has 0 unspecified atom stereocenters. The number of carbonyl (C=O) groups excluding carboxylic acids is 1. The maximum atomic E-state index is 13.1. The highest BCUT2D eigenvalue weighted by atomic mass is 32.2. The molecule has 188 valence electrons. The molecular weight excluding hydrogens is 483 g/mol. The van der Waals surface area contributed by atoms with Crippen LogP contribution in [0.2, 0.25) is 0 Å². The Hall–Kier alpha value is -2.75. The Bertz CT molecular complexity index is 1220. The van der Waals surface area contributed by atoms with Crippen molar-refractivity contribution in [2.24, 2.45) is 5.92 Å². The molecule has 0 spiro atoms. The van der Waals surface area contributed by atoms with Crippen molar-refractivity contribution in [3.8, 4) is 5.75 Å². The van der Waals surface area contributed by atoms with E-state index in [2.05, 4.69) is 4.18 Å². The molecule has 2 aliphatic carbocycles. The first-order valence-corrected chi connectivity index (χ1v) is 13.1. The second-order valence-electron chi connectivity index (χ2n) is 9.57. The molecule has 5 rings (SSSR count). The van der Waals surface area contributed by atoms with Crippen LogP contribution in [0.5, 0.6) is 5.75 Å². The number of piperidine rings is 1. The summed E-state index contributed by atoms with van der Waals surface area (Å²) in [6.07, 6.45) is 4.50. The minimum Gasteiger partial charge on any atom is -0.445 e. The Morgan fingerprint density at radius 1 is 1.09 bits per heavy atom. The summed E-state index contributed by atoms with van der Waals surface area (Å²) in [7, 11) is -5.75. The summed E-state index contributed by atoms with van der Waals surface area (Å²) in [4.78, 5) is 14.9. The molecule has 2 aromatic carbocycles. The standard InChI is InChI=1S/C25H26F3NO5S/c26-25(27,28)35(31,32)34-19-10-9-18-14-22-20-8-4-5-11-24(20,21(18)15-19)12-13-29(22)23(30)33-16-17-6-2-1-3-7-17/h1-3,6-7,9-10,15,20,22H,4-5,8,11-14,16H2/t20-,22+,24+/m1/s1. The third kappa shape index (κ3) is 4.26. The van der Waals surface area contributed by atoms with Gasteiger partial charge in [0.25, 0.3) is 0 Å². The van der Waals surface area contributed by atoms with Gasteiger partial charge in [-0.3, -0.25) is 0 Å². The van der Waals surface area contributed by atoms with Crippen molar-refractivity contribution in [2.75, 3.05) is 6.54 Å². The lowest BCUT2D eigenvalue weighted by atomic mass is 9.52. The highest BCUT2D eigenvalue weighted by Crippen LogP contribution is 2.56. The van der Waals surface area contributed by atoms with Gasteiger partial charge in [0.05, 0.1) is 0 Å². The molecule has 35 heavy (non-hydrogen) atoms. The minimum absolute atomic E-state index is 0.0782. The topological polar surface area (TPSA) is 72.9 Å². The number of amides is 1. The van der Waals surface area contributed by atoms with Gasteiger partial charge in [-0.2, -0.15) is 21.6 Å². The van der Waals surface area contributed by atoms with E-state index in [9.17, 15) is 26.4 Å². The first kappa shape index (κ1) is 24.0. The summed E-state index contributed by atoms with van der Waals surface area (Å²) in [5.74, 6) is -0.209. The normalized spacial score (nSPS) is 25.9. The summed E-state index contributed by atoms with van der Waals surface area (Å²) in [6.45, 7) is 0.657. The number of likely N-dealkylation sites (tertiary alicyclic amines) is 1. The molecule has 3 atom stereocenters. The van der Waals surface area contributed by atoms with Crippen molar-refractivity contribution in [3.63, 3.8) is 0 Å². The van der Waals surface area contributed by atoms with Crippen LogP contribution < -0.4 is 4.18 Å². The number of alkyl halides is 3. The van der Waals surface area contributed by atoms with Crippen LogP contribution in [0.4, 0.5) is 18.0 Å². The number of benzene rings is 2. The SMILES string of the molecule is O=C(OCc1ccccc1)N1CC[C@@]23CCCC[C@@H]2[C@@H]1Cc1ccc(OS(=O)(=O)C(F)(F)F)cc13. The van der Waals surface area contributed by atoms with Gasteiger partial charge >= 0.3 is 21.7 Å². The third-order valence-corrected chi connectivity index (χ3v) is 8.72. The molecule has 1 saturated carbocycles. The zero-order valence-electron chi connectivity index (χ0n) is 19.0. The van der Waals surface area contributed by atoms with Gasteiger partial charge in [0, 0.05) is 18.0 Å². The molecule has 1 amide bonds. The van der Waals surface area contributed by atoms with Crippen molar-refractivity contribution in [2.45, 2.75) is 62.1 Å². The summed E-state index contributed by atoms with van der Waals surface area (Å²) in [5, 5.41) is 0. The number of hydrogen-bond donors (Lipinski definition) is 0. The number of halogens is 3. The zero-order valence-corrected chi connectivity index (χ0v) is 19.8. The number of rotatable bonds is 4. The lowest BCUT2D eigenvalue weighted by molar-refractivity contribution is -0.0500. The maximum absolute atomic E-state index is 13.1. The number of hydrogen-bond acceptors (Lipinski definition) is 5. The van der Waals surface area contributed by atoms with Crippen molar-refractivity contribution in [1.29, 1.82) is 0 Å². The molecule has 1 aliphatic heterocycles. The first-order chi connectivity index (χ1) is 16.6. The van der Waals surface area contributed by atoms with Crippen molar-refractivity contribution >= 4 is 16.2 Å². The van der Waals surface area contributed by atoms with Crippen molar-refractivity contribution in [1.82, 2.24) is 4.90 Å². The lowest BCUT2D eigenvalue weighted by Gasteiger charge is -2.58. The van der Waals surface area contributed by atoms with E-state index >= 15 is 0 Å². The predicted molar refractivity (Wildman–Crippen MR) is 121 cm³/mol. The molecule has 10 heteroatoms. The molecule has 3 aliphatic rings. The molecule has 0 radical (unpaired) electrons. The highest BCUT2D eigenvalue weighted by Gasteiger charge is 2.55.